The maximum atomic E-state index is 5.95. The van der Waals surface area contributed by atoms with Crippen LogP contribution in [-0.2, 0) is 0 Å². The zero-order chi connectivity index (χ0) is 10.3. The van der Waals surface area contributed by atoms with E-state index < -0.39 is 0 Å². The van der Waals surface area contributed by atoms with Gasteiger partial charge in [0, 0.05) is 22.9 Å². The predicted molar refractivity (Wildman–Crippen MR) is 61.7 cm³/mol. The van der Waals surface area contributed by atoms with E-state index in [9.17, 15) is 0 Å². The van der Waals surface area contributed by atoms with Gasteiger partial charge in [0.1, 0.15) is 0 Å². The molecule has 0 aliphatic heterocycles. The zero-order valence-electron chi connectivity index (χ0n) is 6.67. The molecule has 0 unspecified atom stereocenters. The molecule has 0 spiro atoms. The van der Waals surface area contributed by atoms with Gasteiger partial charge in [0.05, 0.1) is 20.1 Å². The summed E-state index contributed by atoms with van der Waals surface area (Å²) in [5.41, 5.74) is 0. The van der Waals surface area contributed by atoms with Crippen LogP contribution >= 0.6 is 46.4 Å². The molecule has 2 aromatic carbocycles. The molecule has 70 valence electrons. The monoisotopic (exact) mass is 262 g/mol. The molecule has 0 aromatic heterocycles. The molecule has 0 heterocycles. The van der Waals surface area contributed by atoms with Crippen molar-refractivity contribution in [2.45, 2.75) is 0 Å². The molecular weight excluding hydrogens is 262 g/mol. The van der Waals surface area contributed by atoms with Crippen molar-refractivity contribution in [1.29, 1.82) is 0 Å². The van der Waals surface area contributed by atoms with Gasteiger partial charge in [-0.3, -0.25) is 0 Å². The van der Waals surface area contributed by atoms with Crippen molar-refractivity contribution in [2.75, 3.05) is 0 Å². The van der Waals surface area contributed by atoms with Crippen molar-refractivity contribution in [2.24, 2.45) is 0 Å². The second-order valence-corrected chi connectivity index (χ2v) is 4.22. The highest BCUT2D eigenvalue weighted by atomic mass is 35.5. The van der Waals surface area contributed by atoms with E-state index in [-0.39, 0.29) is 0 Å². The largest absolute Gasteiger partial charge is 0.0836 e. The van der Waals surface area contributed by atoms with Crippen molar-refractivity contribution >= 4 is 57.2 Å². The lowest BCUT2D eigenvalue weighted by atomic mass is 10.1. The van der Waals surface area contributed by atoms with Crippen LogP contribution in [-0.4, -0.2) is 0 Å². The second kappa shape index (κ2) is 3.79. The van der Waals surface area contributed by atoms with Gasteiger partial charge in [0.2, 0.25) is 0 Å². The summed E-state index contributed by atoms with van der Waals surface area (Å²) in [6.07, 6.45) is 0. The Morgan fingerprint density at radius 2 is 1.07 bits per heavy atom. The van der Waals surface area contributed by atoms with Gasteiger partial charge >= 0.3 is 0 Å². The summed E-state index contributed by atoms with van der Waals surface area (Å²) in [7, 11) is 0. The summed E-state index contributed by atoms with van der Waals surface area (Å²) in [4.78, 5) is 0. The lowest BCUT2D eigenvalue weighted by molar-refractivity contribution is 1.72. The number of benzene rings is 2. The summed E-state index contributed by atoms with van der Waals surface area (Å²) in [6, 6.07) is 8.69. The third kappa shape index (κ3) is 1.57. The molecule has 0 fully saturated rings. The first-order chi connectivity index (χ1) is 6.61. The van der Waals surface area contributed by atoms with E-state index in [1.165, 1.54) is 0 Å². The topological polar surface area (TPSA) is 0 Å². The van der Waals surface area contributed by atoms with Crippen LogP contribution in [0, 0.1) is 12.1 Å². The van der Waals surface area contributed by atoms with Crippen molar-refractivity contribution in [3.05, 3.63) is 44.4 Å². The SMILES string of the molecule is Clc1[c]cc(Cl)c2c(Cl)[c]cc(Cl)c12. The molecule has 0 nitrogen and oxygen atoms in total. The fraction of sp³-hybridized carbons (Fsp3) is 0. The standard InChI is InChI=1S/C10H2Cl4/c11-5-1-2-6(12)10-8(14)4-3-7(13)9(5)10/h1,4H. The highest BCUT2D eigenvalue weighted by molar-refractivity contribution is 6.48. The zero-order valence-corrected chi connectivity index (χ0v) is 9.69. The third-order valence-corrected chi connectivity index (χ3v) is 3.01. The average molecular weight is 264 g/mol. The van der Waals surface area contributed by atoms with Crippen molar-refractivity contribution in [3.8, 4) is 0 Å². The lowest BCUT2D eigenvalue weighted by Crippen LogP contribution is -1.80. The number of halogens is 4. The van der Waals surface area contributed by atoms with Crippen molar-refractivity contribution < 1.29 is 0 Å². The molecule has 0 amide bonds. The summed E-state index contributed by atoms with van der Waals surface area (Å²) in [6.45, 7) is 0. The average Bonchev–Trinajstić information content (AvgIpc) is 2.16. The summed E-state index contributed by atoms with van der Waals surface area (Å²) in [5.74, 6) is 0. The Kier molecular flexibility index (Phi) is 2.81. The lowest BCUT2D eigenvalue weighted by Gasteiger charge is -2.05. The number of fused-ring (bicyclic) bond motifs is 1. The van der Waals surface area contributed by atoms with Gasteiger partial charge in [0.25, 0.3) is 0 Å². The van der Waals surface area contributed by atoms with Crippen LogP contribution in [0.15, 0.2) is 12.1 Å². The predicted octanol–water partition coefficient (Wildman–Crippen LogP) is 5.05. The Morgan fingerprint density at radius 1 is 0.714 bits per heavy atom. The molecule has 0 N–H and O–H groups in total. The van der Waals surface area contributed by atoms with E-state index in [4.69, 9.17) is 46.4 Å². The van der Waals surface area contributed by atoms with Crippen LogP contribution in [0.5, 0.6) is 0 Å². The third-order valence-electron chi connectivity index (χ3n) is 1.82. The molecule has 0 aliphatic rings. The second-order valence-electron chi connectivity index (χ2n) is 2.65. The molecule has 0 atom stereocenters. The Bertz CT molecular complexity index is 416. The molecule has 0 aliphatic carbocycles. The van der Waals surface area contributed by atoms with Crippen LogP contribution in [0.3, 0.4) is 0 Å². The maximum absolute atomic E-state index is 5.95. The number of rotatable bonds is 0. The molecule has 2 rings (SSSR count). The first-order valence-corrected chi connectivity index (χ1v) is 5.17. The van der Waals surface area contributed by atoms with E-state index in [1.54, 1.807) is 12.1 Å². The number of hydrogen-bond acceptors (Lipinski definition) is 0. The molecule has 4 heteroatoms. The first-order valence-electron chi connectivity index (χ1n) is 3.66. The summed E-state index contributed by atoms with van der Waals surface area (Å²) < 4.78 is 0. The number of hydrogen-bond donors (Lipinski definition) is 0. The van der Waals surface area contributed by atoms with Gasteiger partial charge in [0.15, 0.2) is 0 Å². The van der Waals surface area contributed by atoms with Gasteiger partial charge in [-0.05, 0) is 12.1 Å². The van der Waals surface area contributed by atoms with Gasteiger partial charge in [-0.25, -0.2) is 0 Å². The minimum atomic E-state index is 0.408. The van der Waals surface area contributed by atoms with Crippen LogP contribution in [0.4, 0.5) is 0 Å². The van der Waals surface area contributed by atoms with Crippen LogP contribution < -0.4 is 0 Å². The smallest absolute Gasteiger partial charge is 0.0579 e. The van der Waals surface area contributed by atoms with Gasteiger partial charge in [-0.15, -0.1) is 0 Å². The molecule has 2 radical (unpaired) electrons. The quantitative estimate of drug-likeness (QED) is 0.624. The maximum Gasteiger partial charge on any atom is 0.0579 e. The van der Waals surface area contributed by atoms with E-state index in [0.717, 1.165) is 0 Å². The Morgan fingerprint density at radius 3 is 1.43 bits per heavy atom. The Hall–Kier alpha value is -0.140. The fourth-order valence-electron chi connectivity index (χ4n) is 1.21. The minimum absolute atomic E-state index is 0.408. The van der Waals surface area contributed by atoms with E-state index >= 15 is 0 Å². The Balaban J connectivity index is 3.05. The molecule has 2 aromatic rings. The van der Waals surface area contributed by atoms with Gasteiger partial charge in [-0.2, -0.15) is 0 Å². The van der Waals surface area contributed by atoms with Gasteiger partial charge in [-0.1, -0.05) is 46.4 Å². The van der Waals surface area contributed by atoms with Crippen LogP contribution in [0.1, 0.15) is 0 Å². The van der Waals surface area contributed by atoms with Crippen LogP contribution in [0.25, 0.3) is 10.8 Å². The highest BCUT2D eigenvalue weighted by Crippen LogP contribution is 2.38. The highest BCUT2D eigenvalue weighted by Gasteiger charge is 2.10. The van der Waals surface area contributed by atoms with Crippen molar-refractivity contribution in [1.82, 2.24) is 0 Å². The van der Waals surface area contributed by atoms with Crippen LogP contribution in [0.2, 0.25) is 20.1 Å². The molecule has 14 heavy (non-hydrogen) atoms. The van der Waals surface area contributed by atoms with Crippen molar-refractivity contribution in [3.63, 3.8) is 0 Å². The van der Waals surface area contributed by atoms with E-state index in [0.29, 0.717) is 30.9 Å². The summed E-state index contributed by atoms with van der Waals surface area (Å²) >= 11 is 23.8. The summed E-state index contributed by atoms with van der Waals surface area (Å²) in [5, 5.41) is 2.98. The first kappa shape index (κ1) is 10.4. The fourth-order valence-corrected chi connectivity index (χ4v) is 2.30. The molecule has 0 saturated heterocycles. The molecular formula is C10H2Cl4. The Labute approximate surface area is 101 Å². The normalized spacial score (nSPS) is 10.9. The molecule has 0 saturated carbocycles. The van der Waals surface area contributed by atoms with Gasteiger partial charge < -0.3 is 0 Å². The minimum Gasteiger partial charge on any atom is -0.0836 e. The van der Waals surface area contributed by atoms with E-state index in [1.807, 2.05) is 0 Å². The molecule has 0 bridgehead atoms. The van der Waals surface area contributed by atoms with E-state index in [2.05, 4.69) is 12.1 Å².